The molecule has 0 heterocycles. The van der Waals surface area contributed by atoms with Gasteiger partial charge in [0.05, 0.1) is 18.4 Å². The average molecular weight is 393 g/mol. The van der Waals surface area contributed by atoms with Crippen molar-refractivity contribution in [2.45, 2.75) is 90.9 Å². The molecule has 28 heavy (non-hydrogen) atoms. The fourth-order valence-electron chi connectivity index (χ4n) is 6.39. The molecule has 0 amide bonds. The number of fused-ring (bicyclic) bond motifs is 2. The van der Waals surface area contributed by atoms with E-state index in [0.29, 0.717) is 38.2 Å². The number of carbonyl (C=O) groups is 2. The van der Waals surface area contributed by atoms with E-state index in [1.54, 1.807) is 0 Å². The topological polar surface area (TPSA) is 63.6 Å². The third-order valence-electron chi connectivity index (χ3n) is 8.10. The molecule has 3 fully saturated rings. The van der Waals surface area contributed by atoms with E-state index in [-0.39, 0.29) is 17.8 Å². The zero-order valence-corrected chi connectivity index (χ0v) is 17.9. The molecule has 0 radical (unpaired) electrons. The Morgan fingerprint density at radius 2 is 1.68 bits per heavy atom. The summed E-state index contributed by atoms with van der Waals surface area (Å²) in [6.45, 7) is 5.07. The number of unbranched alkanes of at least 4 members (excludes halogenated alkanes) is 1. The molecular weight excluding hydrogens is 352 g/mol. The second-order valence-corrected chi connectivity index (χ2v) is 9.93. The molecule has 3 rings (SSSR count). The molecule has 4 heteroatoms. The molecule has 3 aliphatic carbocycles. The van der Waals surface area contributed by atoms with Gasteiger partial charge in [0, 0.05) is 0 Å². The van der Waals surface area contributed by atoms with Gasteiger partial charge in [0.2, 0.25) is 0 Å². The second-order valence-electron chi connectivity index (χ2n) is 9.93. The van der Waals surface area contributed by atoms with Crippen molar-refractivity contribution in [1.29, 1.82) is 0 Å². The standard InChI is InChI=1S/C24H40O4/c1-3-5-6-20-12-17-13-21(22(20)14-17)11-16(4-2)15-28-24(27)19-9-7-18(8-10-19)23(25)26/h16-22H,3-15H2,1-2H3,(H,25,26). The maximum absolute atomic E-state index is 12.5. The summed E-state index contributed by atoms with van der Waals surface area (Å²) in [5.41, 5.74) is 0. The number of rotatable bonds is 10. The summed E-state index contributed by atoms with van der Waals surface area (Å²) in [7, 11) is 0. The second kappa shape index (κ2) is 10.1. The number of carboxylic acid groups (broad SMARTS) is 1. The minimum Gasteiger partial charge on any atom is -0.481 e. The number of esters is 1. The summed E-state index contributed by atoms with van der Waals surface area (Å²) in [5, 5.41) is 9.10. The van der Waals surface area contributed by atoms with Gasteiger partial charge in [0.15, 0.2) is 0 Å². The largest absolute Gasteiger partial charge is 0.481 e. The van der Waals surface area contributed by atoms with Crippen molar-refractivity contribution in [3.63, 3.8) is 0 Å². The number of carboxylic acids is 1. The van der Waals surface area contributed by atoms with Crippen molar-refractivity contribution < 1.29 is 19.4 Å². The van der Waals surface area contributed by atoms with Gasteiger partial charge in [-0.1, -0.05) is 39.5 Å². The normalized spacial score (nSPS) is 35.6. The summed E-state index contributed by atoms with van der Waals surface area (Å²) >= 11 is 0. The molecule has 0 saturated heterocycles. The fourth-order valence-corrected chi connectivity index (χ4v) is 6.39. The van der Waals surface area contributed by atoms with Crippen molar-refractivity contribution in [1.82, 2.24) is 0 Å². The van der Waals surface area contributed by atoms with Gasteiger partial charge in [-0.3, -0.25) is 9.59 Å². The van der Waals surface area contributed by atoms with Gasteiger partial charge in [0.25, 0.3) is 0 Å². The molecular formula is C24H40O4. The van der Waals surface area contributed by atoms with Crippen molar-refractivity contribution >= 4 is 11.9 Å². The van der Waals surface area contributed by atoms with Gasteiger partial charge < -0.3 is 9.84 Å². The molecule has 3 aliphatic rings. The number of hydrogen-bond donors (Lipinski definition) is 1. The van der Waals surface area contributed by atoms with E-state index in [9.17, 15) is 9.59 Å². The van der Waals surface area contributed by atoms with Gasteiger partial charge in [-0.05, 0) is 81.0 Å². The van der Waals surface area contributed by atoms with Crippen molar-refractivity contribution in [3.8, 4) is 0 Å². The molecule has 4 nitrogen and oxygen atoms in total. The van der Waals surface area contributed by atoms with Gasteiger partial charge >= 0.3 is 11.9 Å². The Morgan fingerprint density at radius 1 is 1.00 bits per heavy atom. The Hall–Kier alpha value is -1.06. The Kier molecular flexibility index (Phi) is 7.82. The van der Waals surface area contributed by atoms with Crippen LogP contribution in [-0.4, -0.2) is 23.7 Å². The monoisotopic (exact) mass is 392 g/mol. The number of aliphatic carboxylic acids is 1. The smallest absolute Gasteiger partial charge is 0.308 e. The van der Waals surface area contributed by atoms with Crippen LogP contribution >= 0.6 is 0 Å². The van der Waals surface area contributed by atoms with E-state index in [1.807, 2.05) is 0 Å². The van der Waals surface area contributed by atoms with E-state index in [4.69, 9.17) is 9.84 Å². The molecule has 0 aliphatic heterocycles. The SMILES string of the molecule is CCCCC1CC2CC(CC(CC)COC(=O)C3CCC(C(=O)O)CC3)C1C2. The van der Waals surface area contributed by atoms with Gasteiger partial charge in [-0.15, -0.1) is 0 Å². The molecule has 1 N–H and O–H groups in total. The first-order valence-corrected chi connectivity index (χ1v) is 11.9. The minimum atomic E-state index is -0.721. The molecule has 0 aromatic heterocycles. The predicted molar refractivity (Wildman–Crippen MR) is 110 cm³/mol. The van der Waals surface area contributed by atoms with Crippen LogP contribution in [0.15, 0.2) is 0 Å². The molecule has 0 spiro atoms. The zero-order valence-electron chi connectivity index (χ0n) is 17.9. The average Bonchev–Trinajstić information content (AvgIpc) is 3.29. The Morgan fingerprint density at radius 3 is 2.29 bits per heavy atom. The van der Waals surface area contributed by atoms with Crippen LogP contribution < -0.4 is 0 Å². The summed E-state index contributed by atoms with van der Waals surface area (Å²) in [6, 6.07) is 0. The van der Waals surface area contributed by atoms with Crippen LogP contribution in [0.25, 0.3) is 0 Å². The fraction of sp³-hybridized carbons (Fsp3) is 0.917. The van der Waals surface area contributed by atoms with E-state index < -0.39 is 5.97 Å². The van der Waals surface area contributed by atoms with Gasteiger partial charge in [0.1, 0.15) is 0 Å². The van der Waals surface area contributed by atoms with E-state index >= 15 is 0 Å². The first-order valence-electron chi connectivity index (χ1n) is 11.9. The maximum atomic E-state index is 12.5. The lowest BCUT2D eigenvalue weighted by Crippen LogP contribution is -2.29. The Labute approximate surface area is 170 Å². The first kappa shape index (κ1) is 21.6. The quantitative estimate of drug-likeness (QED) is 0.485. The Balaban J connectivity index is 1.41. The highest BCUT2D eigenvalue weighted by molar-refractivity contribution is 5.74. The van der Waals surface area contributed by atoms with Crippen molar-refractivity contribution in [2.24, 2.45) is 41.4 Å². The first-order chi connectivity index (χ1) is 13.5. The van der Waals surface area contributed by atoms with Crippen LogP contribution in [0.3, 0.4) is 0 Å². The van der Waals surface area contributed by atoms with Crippen molar-refractivity contribution in [3.05, 3.63) is 0 Å². The highest BCUT2D eigenvalue weighted by Crippen LogP contribution is 2.55. The highest BCUT2D eigenvalue weighted by Gasteiger charge is 2.45. The van der Waals surface area contributed by atoms with Crippen LogP contribution in [0.4, 0.5) is 0 Å². The number of carbonyl (C=O) groups excluding carboxylic acids is 1. The highest BCUT2D eigenvalue weighted by atomic mass is 16.5. The lowest BCUT2D eigenvalue weighted by atomic mass is 9.74. The lowest BCUT2D eigenvalue weighted by molar-refractivity contribution is -0.154. The number of ether oxygens (including phenoxy) is 1. The third kappa shape index (κ3) is 5.30. The molecule has 0 aromatic rings. The number of hydrogen-bond acceptors (Lipinski definition) is 3. The van der Waals surface area contributed by atoms with Crippen LogP contribution in [0.2, 0.25) is 0 Å². The van der Waals surface area contributed by atoms with Crippen LogP contribution in [0.5, 0.6) is 0 Å². The molecule has 3 saturated carbocycles. The minimum absolute atomic E-state index is 0.0870. The van der Waals surface area contributed by atoms with E-state index in [1.165, 1.54) is 44.9 Å². The zero-order chi connectivity index (χ0) is 20.1. The molecule has 5 atom stereocenters. The third-order valence-corrected chi connectivity index (χ3v) is 8.10. The molecule has 2 bridgehead atoms. The van der Waals surface area contributed by atoms with E-state index in [0.717, 1.165) is 30.1 Å². The summed E-state index contributed by atoms with van der Waals surface area (Å²) < 4.78 is 5.73. The van der Waals surface area contributed by atoms with Crippen LogP contribution in [0.1, 0.15) is 90.9 Å². The summed E-state index contributed by atoms with van der Waals surface area (Å²) in [6.07, 6.45) is 13.2. The maximum Gasteiger partial charge on any atom is 0.308 e. The predicted octanol–water partition coefficient (Wildman–Crippen LogP) is 5.69. The Bertz CT molecular complexity index is 523. The molecule has 5 unspecified atom stereocenters. The summed E-state index contributed by atoms with van der Waals surface area (Å²) in [5.74, 6) is 2.99. The van der Waals surface area contributed by atoms with E-state index in [2.05, 4.69) is 13.8 Å². The van der Waals surface area contributed by atoms with Crippen LogP contribution in [0, 0.1) is 41.4 Å². The van der Waals surface area contributed by atoms with Gasteiger partial charge in [-0.25, -0.2) is 0 Å². The summed E-state index contributed by atoms with van der Waals surface area (Å²) in [4.78, 5) is 23.5. The molecule has 160 valence electrons. The lowest BCUT2D eigenvalue weighted by Gasteiger charge is -2.32. The van der Waals surface area contributed by atoms with Crippen LogP contribution in [-0.2, 0) is 14.3 Å². The van der Waals surface area contributed by atoms with Crippen molar-refractivity contribution in [2.75, 3.05) is 6.61 Å². The van der Waals surface area contributed by atoms with Gasteiger partial charge in [-0.2, -0.15) is 0 Å². The molecule has 0 aromatic carbocycles.